The second-order valence-corrected chi connectivity index (χ2v) is 7.71. The lowest BCUT2D eigenvalue weighted by Gasteiger charge is -2.12. The molecule has 5 rings (SSSR count). The molecule has 0 unspecified atom stereocenters. The van der Waals surface area contributed by atoms with Crippen LogP contribution in [0, 0.1) is 19.9 Å². The largest absolute Gasteiger partial charge is 0.464 e. The van der Waals surface area contributed by atoms with Gasteiger partial charge in [0.05, 0.1) is 17.3 Å². The van der Waals surface area contributed by atoms with Gasteiger partial charge in [0.1, 0.15) is 5.76 Å². The minimum atomic E-state index is -0.435. The maximum absolute atomic E-state index is 12.2. The standard InChI is InChI=1S/C26H21N2O2/c1-16-8-9-19(17(2)13-16)15-28-22-6-3-5-21(26(27)29)25(22)20-11-10-18(14-23(20)28)24-7-4-12-30-24/h3-10,12-14H,15H2,1-2H3,(H2,27,29). The number of hydrogen-bond acceptors (Lipinski definition) is 2. The predicted molar refractivity (Wildman–Crippen MR) is 120 cm³/mol. The molecule has 0 aliphatic rings. The second kappa shape index (κ2) is 6.92. The van der Waals surface area contributed by atoms with E-state index in [4.69, 9.17) is 10.2 Å². The Morgan fingerprint density at radius 1 is 1.07 bits per heavy atom. The molecule has 0 aliphatic heterocycles. The summed E-state index contributed by atoms with van der Waals surface area (Å²) >= 11 is 0. The van der Waals surface area contributed by atoms with Crippen LogP contribution in [0.2, 0.25) is 0 Å². The van der Waals surface area contributed by atoms with Gasteiger partial charge >= 0.3 is 0 Å². The van der Waals surface area contributed by atoms with Crippen LogP contribution in [-0.4, -0.2) is 10.5 Å². The summed E-state index contributed by atoms with van der Waals surface area (Å²) < 4.78 is 7.83. The maximum atomic E-state index is 12.2. The number of aryl methyl sites for hydroxylation is 2. The monoisotopic (exact) mass is 393 g/mol. The third-order valence-corrected chi connectivity index (χ3v) is 5.69. The normalized spacial score (nSPS) is 11.4. The molecule has 4 nitrogen and oxygen atoms in total. The Hall–Kier alpha value is -3.79. The summed E-state index contributed by atoms with van der Waals surface area (Å²) in [7, 11) is 0. The number of carbonyl (C=O) groups excluding carboxylic acids is 1. The van der Waals surface area contributed by atoms with Crippen molar-refractivity contribution in [3.8, 4) is 11.3 Å². The Balaban J connectivity index is 1.82. The first-order chi connectivity index (χ1) is 14.5. The molecule has 4 heteroatoms. The number of hydrogen-bond donors (Lipinski definition) is 1. The van der Waals surface area contributed by atoms with Gasteiger partial charge in [0.15, 0.2) is 0 Å². The molecule has 0 bridgehead atoms. The van der Waals surface area contributed by atoms with Crippen LogP contribution in [-0.2, 0) is 6.54 Å². The summed E-state index contributed by atoms with van der Waals surface area (Å²) in [5.41, 5.74) is 12.8. The molecule has 0 aliphatic carbocycles. The molecule has 2 aromatic heterocycles. The Morgan fingerprint density at radius 2 is 1.93 bits per heavy atom. The van der Waals surface area contributed by atoms with Crippen LogP contribution in [0.1, 0.15) is 27.0 Å². The molecule has 3 aromatic carbocycles. The zero-order valence-electron chi connectivity index (χ0n) is 16.9. The number of primary amides is 1. The highest BCUT2D eigenvalue weighted by molar-refractivity contribution is 6.18. The average molecular weight is 393 g/mol. The fourth-order valence-corrected chi connectivity index (χ4v) is 4.21. The van der Waals surface area contributed by atoms with E-state index in [0.29, 0.717) is 12.1 Å². The summed E-state index contributed by atoms with van der Waals surface area (Å²) in [5, 5.41) is 1.73. The molecule has 0 fully saturated rings. The van der Waals surface area contributed by atoms with Gasteiger partial charge in [-0.15, -0.1) is 0 Å². The van der Waals surface area contributed by atoms with Gasteiger partial charge in [-0.25, -0.2) is 0 Å². The molecule has 0 spiro atoms. The summed E-state index contributed by atoms with van der Waals surface area (Å²) in [6.45, 7) is 4.91. The van der Waals surface area contributed by atoms with Gasteiger partial charge in [-0.05, 0) is 67.4 Å². The van der Waals surface area contributed by atoms with E-state index in [1.807, 2.05) is 30.3 Å². The topological polar surface area (TPSA) is 61.2 Å². The van der Waals surface area contributed by atoms with E-state index in [0.717, 1.165) is 33.1 Å². The quantitative estimate of drug-likeness (QED) is 0.431. The minimum absolute atomic E-state index is 0.435. The first kappa shape index (κ1) is 18.3. The first-order valence-electron chi connectivity index (χ1n) is 9.89. The van der Waals surface area contributed by atoms with Crippen LogP contribution in [0.25, 0.3) is 33.1 Å². The maximum Gasteiger partial charge on any atom is 0.249 e. The molecule has 147 valence electrons. The summed E-state index contributed by atoms with van der Waals surface area (Å²) in [4.78, 5) is 12.2. The van der Waals surface area contributed by atoms with Gasteiger partial charge in [-0.3, -0.25) is 4.79 Å². The number of furan rings is 1. The molecule has 5 aromatic rings. The van der Waals surface area contributed by atoms with Crippen molar-refractivity contribution in [1.29, 1.82) is 0 Å². The highest BCUT2D eigenvalue weighted by Gasteiger charge is 2.18. The molecular formula is C26H21N2O2. The van der Waals surface area contributed by atoms with E-state index in [-0.39, 0.29) is 0 Å². The lowest BCUT2D eigenvalue weighted by Crippen LogP contribution is -2.11. The van der Waals surface area contributed by atoms with Gasteiger partial charge < -0.3 is 14.7 Å². The van der Waals surface area contributed by atoms with Crippen molar-refractivity contribution in [2.24, 2.45) is 5.73 Å². The van der Waals surface area contributed by atoms with Crippen molar-refractivity contribution in [3.63, 3.8) is 0 Å². The lowest BCUT2D eigenvalue weighted by molar-refractivity contribution is 0.100. The van der Waals surface area contributed by atoms with Crippen LogP contribution in [0.15, 0.2) is 71.3 Å². The predicted octanol–water partition coefficient (Wildman–Crippen LogP) is 5.62. The molecule has 1 amide bonds. The van der Waals surface area contributed by atoms with Crippen molar-refractivity contribution >= 4 is 27.7 Å². The fraction of sp³-hybridized carbons (Fsp3) is 0.115. The number of nitrogens with two attached hydrogens (primary N) is 1. The van der Waals surface area contributed by atoms with Gasteiger partial charge in [0.2, 0.25) is 5.91 Å². The number of carbonyl (C=O) groups is 1. The van der Waals surface area contributed by atoms with E-state index < -0.39 is 5.91 Å². The fourth-order valence-electron chi connectivity index (χ4n) is 4.21. The second-order valence-electron chi connectivity index (χ2n) is 7.71. The number of rotatable bonds is 4. The van der Waals surface area contributed by atoms with Crippen molar-refractivity contribution in [2.45, 2.75) is 20.4 Å². The van der Waals surface area contributed by atoms with Crippen LogP contribution >= 0.6 is 0 Å². The van der Waals surface area contributed by atoms with E-state index in [1.54, 1.807) is 12.3 Å². The number of benzene rings is 3. The van der Waals surface area contributed by atoms with Crippen LogP contribution in [0.5, 0.6) is 0 Å². The van der Waals surface area contributed by atoms with E-state index in [2.05, 4.69) is 48.7 Å². The van der Waals surface area contributed by atoms with Gasteiger partial charge in [0, 0.05) is 28.4 Å². The summed E-state index contributed by atoms with van der Waals surface area (Å²) in [6.07, 6.45) is 1.66. The molecule has 1 radical (unpaired) electrons. The highest BCUT2D eigenvalue weighted by Crippen LogP contribution is 2.35. The van der Waals surface area contributed by atoms with Crippen molar-refractivity contribution in [2.75, 3.05) is 0 Å². The van der Waals surface area contributed by atoms with Gasteiger partial charge in [0.25, 0.3) is 0 Å². The van der Waals surface area contributed by atoms with E-state index in [1.165, 1.54) is 16.7 Å². The SMILES string of the molecule is Cc1ccc(Cn2c3cc(-c4ccco4)c[c]c3c3c(C(N)=O)cccc32)c(C)c1. The molecular weight excluding hydrogens is 372 g/mol. The van der Waals surface area contributed by atoms with Gasteiger partial charge in [-0.2, -0.15) is 0 Å². The number of fused-ring (bicyclic) bond motifs is 3. The third-order valence-electron chi connectivity index (χ3n) is 5.69. The highest BCUT2D eigenvalue weighted by atomic mass is 16.3. The molecule has 2 N–H and O–H groups in total. The minimum Gasteiger partial charge on any atom is -0.464 e. The Morgan fingerprint density at radius 3 is 2.67 bits per heavy atom. The van der Waals surface area contributed by atoms with E-state index in [9.17, 15) is 4.79 Å². The van der Waals surface area contributed by atoms with Gasteiger partial charge in [-0.1, -0.05) is 29.8 Å². The smallest absolute Gasteiger partial charge is 0.249 e. The van der Waals surface area contributed by atoms with Crippen molar-refractivity contribution in [1.82, 2.24) is 4.57 Å². The Labute approximate surface area is 174 Å². The lowest BCUT2D eigenvalue weighted by atomic mass is 10.0. The average Bonchev–Trinajstić information content (AvgIpc) is 3.36. The molecule has 0 saturated heterocycles. The zero-order valence-corrected chi connectivity index (χ0v) is 16.9. The number of nitrogens with zero attached hydrogens (tertiary/aromatic N) is 1. The zero-order chi connectivity index (χ0) is 20.8. The van der Waals surface area contributed by atoms with E-state index >= 15 is 0 Å². The van der Waals surface area contributed by atoms with Crippen LogP contribution in [0.4, 0.5) is 0 Å². The summed E-state index contributed by atoms with van der Waals surface area (Å²) in [6, 6.07) is 23.4. The van der Waals surface area contributed by atoms with Crippen LogP contribution < -0.4 is 5.73 Å². The van der Waals surface area contributed by atoms with Crippen molar-refractivity contribution < 1.29 is 9.21 Å². The Bertz CT molecular complexity index is 1410. The molecule has 30 heavy (non-hydrogen) atoms. The van der Waals surface area contributed by atoms with Crippen molar-refractivity contribution in [3.05, 3.63) is 95.2 Å². The molecule has 0 atom stereocenters. The molecule has 2 heterocycles. The molecule has 0 saturated carbocycles. The first-order valence-corrected chi connectivity index (χ1v) is 9.89. The van der Waals surface area contributed by atoms with Crippen LogP contribution in [0.3, 0.4) is 0 Å². The third kappa shape index (κ3) is 2.89. The number of amides is 1. The summed E-state index contributed by atoms with van der Waals surface area (Å²) in [5.74, 6) is 0.348. The Kier molecular flexibility index (Phi) is 4.21. The number of aromatic nitrogens is 1.